The molecule has 0 atom stereocenters. The van der Waals surface area contributed by atoms with Crippen LogP contribution in [0.15, 0.2) is 41.6 Å². The molecule has 2 aromatic rings. The number of benzene rings is 1. The summed E-state index contributed by atoms with van der Waals surface area (Å²) in [6.07, 6.45) is 4.23. The second-order valence-electron chi connectivity index (χ2n) is 4.39. The van der Waals surface area contributed by atoms with Gasteiger partial charge in [-0.1, -0.05) is 24.4 Å². The summed E-state index contributed by atoms with van der Waals surface area (Å²) in [5.41, 5.74) is 6.91. The highest BCUT2D eigenvalue weighted by molar-refractivity contribution is 7.90. The first-order valence-electron chi connectivity index (χ1n) is 6.01. The van der Waals surface area contributed by atoms with Crippen molar-refractivity contribution in [1.29, 1.82) is 0 Å². The summed E-state index contributed by atoms with van der Waals surface area (Å²) < 4.78 is 22.8. The van der Waals surface area contributed by atoms with E-state index in [2.05, 4.69) is 15.3 Å². The molecule has 1 aromatic carbocycles. The molecule has 3 N–H and O–H groups in total. The fourth-order valence-corrected chi connectivity index (χ4v) is 2.47. The van der Waals surface area contributed by atoms with Crippen LogP contribution in [0.3, 0.4) is 0 Å². The van der Waals surface area contributed by atoms with Crippen molar-refractivity contribution in [2.24, 2.45) is 5.73 Å². The minimum absolute atomic E-state index is 0.165. The number of nitrogens with one attached hydrogen (secondary N) is 1. The van der Waals surface area contributed by atoms with Crippen LogP contribution in [0, 0.1) is 0 Å². The summed E-state index contributed by atoms with van der Waals surface area (Å²) in [7, 11) is -3.18. The van der Waals surface area contributed by atoms with Gasteiger partial charge in [-0.2, -0.15) is 0 Å². The Morgan fingerprint density at radius 3 is 2.43 bits per heavy atom. The molecule has 0 saturated carbocycles. The lowest BCUT2D eigenvalue weighted by Crippen LogP contribution is -2.16. The van der Waals surface area contributed by atoms with Crippen LogP contribution >= 0.6 is 12.2 Å². The van der Waals surface area contributed by atoms with E-state index in [4.69, 9.17) is 18.0 Å². The van der Waals surface area contributed by atoms with Crippen molar-refractivity contribution in [3.8, 4) is 0 Å². The van der Waals surface area contributed by atoms with Gasteiger partial charge in [-0.25, -0.2) is 18.4 Å². The summed E-state index contributed by atoms with van der Waals surface area (Å²) in [6.45, 7) is 0.457. The lowest BCUT2D eigenvalue weighted by Gasteiger charge is -2.09. The molecule has 6 nitrogen and oxygen atoms in total. The predicted octanol–water partition coefficient (Wildman–Crippen LogP) is 1.13. The normalized spacial score (nSPS) is 11.1. The van der Waals surface area contributed by atoms with E-state index in [9.17, 15) is 8.42 Å². The largest absolute Gasteiger partial charge is 0.388 e. The monoisotopic (exact) mass is 322 g/mol. The SMILES string of the molecule is CS(=O)(=O)c1ccc(CNc2nccnc2C(N)=S)cc1. The van der Waals surface area contributed by atoms with Crippen LogP contribution < -0.4 is 11.1 Å². The van der Waals surface area contributed by atoms with Gasteiger partial charge in [-0.05, 0) is 17.7 Å². The van der Waals surface area contributed by atoms with Crippen LogP contribution in [-0.2, 0) is 16.4 Å². The Kier molecular flexibility index (Phi) is 4.49. The van der Waals surface area contributed by atoms with Gasteiger partial charge in [0, 0.05) is 25.2 Å². The minimum atomic E-state index is -3.18. The molecule has 0 fully saturated rings. The second-order valence-corrected chi connectivity index (χ2v) is 6.84. The summed E-state index contributed by atoms with van der Waals surface area (Å²) in [5, 5.41) is 3.08. The van der Waals surface area contributed by atoms with Crippen molar-refractivity contribution < 1.29 is 8.42 Å². The van der Waals surface area contributed by atoms with Crippen LogP contribution in [-0.4, -0.2) is 29.6 Å². The van der Waals surface area contributed by atoms with Gasteiger partial charge < -0.3 is 11.1 Å². The van der Waals surface area contributed by atoms with Crippen molar-refractivity contribution in [1.82, 2.24) is 9.97 Å². The molecular formula is C13H14N4O2S2. The number of anilines is 1. The maximum absolute atomic E-state index is 11.4. The van der Waals surface area contributed by atoms with E-state index in [0.29, 0.717) is 18.1 Å². The first-order chi connectivity index (χ1) is 9.88. The van der Waals surface area contributed by atoms with Crippen LogP contribution in [0.1, 0.15) is 11.3 Å². The van der Waals surface area contributed by atoms with Gasteiger partial charge in [0.05, 0.1) is 4.90 Å². The summed E-state index contributed by atoms with van der Waals surface area (Å²) >= 11 is 4.91. The molecule has 0 amide bonds. The minimum Gasteiger partial charge on any atom is -0.388 e. The average molecular weight is 322 g/mol. The zero-order valence-electron chi connectivity index (χ0n) is 11.3. The molecule has 0 aliphatic rings. The first kappa shape index (κ1) is 15.3. The van der Waals surface area contributed by atoms with Crippen LogP contribution in [0.2, 0.25) is 0 Å². The van der Waals surface area contributed by atoms with E-state index in [-0.39, 0.29) is 9.88 Å². The van der Waals surface area contributed by atoms with E-state index in [1.165, 1.54) is 18.6 Å². The Labute approximate surface area is 128 Å². The molecule has 0 radical (unpaired) electrons. The van der Waals surface area contributed by atoms with Gasteiger partial charge in [-0.3, -0.25) is 0 Å². The van der Waals surface area contributed by atoms with E-state index in [1.807, 2.05) is 0 Å². The molecule has 1 aromatic heterocycles. The summed E-state index contributed by atoms with van der Waals surface area (Å²) in [4.78, 5) is 8.65. The highest BCUT2D eigenvalue weighted by atomic mass is 32.2. The molecule has 110 valence electrons. The van der Waals surface area contributed by atoms with E-state index < -0.39 is 9.84 Å². The lowest BCUT2D eigenvalue weighted by molar-refractivity contribution is 0.602. The van der Waals surface area contributed by atoms with Gasteiger partial charge in [0.15, 0.2) is 15.7 Å². The Bertz CT molecular complexity index is 758. The summed E-state index contributed by atoms with van der Waals surface area (Å²) in [6, 6.07) is 6.61. The number of hydrogen-bond acceptors (Lipinski definition) is 6. The molecule has 21 heavy (non-hydrogen) atoms. The number of thiocarbonyl (C=S) groups is 1. The third-order valence-electron chi connectivity index (χ3n) is 2.74. The number of nitrogens with zero attached hydrogens (tertiary/aromatic N) is 2. The fraction of sp³-hybridized carbons (Fsp3) is 0.154. The maximum atomic E-state index is 11.4. The smallest absolute Gasteiger partial charge is 0.175 e. The molecule has 8 heteroatoms. The summed E-state index contributed by atoms with van der Waals surface area (Å²) in [5.74, 6) is 0.497. The Morgan fingerprint density at radius 2 is 1.86 bits per heavy atom. The van der Waals surface area contributed by atoms with Gasteiger partial charge >= 0.3 is 0 Å². The second kappa shape index (κ2) is 6.15. The zero-order chi connectivity index (χ0) is 15.5. The molecule has 0 unspecified atom stereocenters. The number of rotatable bonds is 5. The Morgan fingerprint density at radius 1 is 1.24 bits per heavy atom. The van der Waals surface area contributed by atoms with Crippen molar-refractivity contribution >= 4 is 32.9 Å². The van der Waals surface area contributed by atoms with E-state index >= 15 is 0 Å². The number of hydrogen-bond donors (Lipinski definition) is 2. The van der Waals surface area contributed by atoms with Crippen molar-refractivity contribution in [2.45, 2.75) is 11.4 Å². The average Bonchev–Trinajstić information content (AvgIpc) is 2.45. The molecular weight excluding hydrogens is 308 g/mol. The highest BCUT2D eigenvalue weighted by Crippen LogP contribution is 2.13. The van der Waals surface area contributed by atoms with E-state index in [1.54, 1.807) is 24.3 Å². The third kappa shape index (κ3) is 3.96. The van der Waals surface area contributed by atoms with Gasteiger partial charge in [0.1, 0.15) is 10.7 Å². The molecule has 0 bridgehead atoms. The number of aromatic nitrogens is 2. The van der Waals surface area contributed by atoms with E-state index in [0.717, 1.165) is 5.56 Å². The van der Waals surface area contributed by atoms with Crippen molar-refractivity contribution in [3.05, 3.63) is 47.9 Å². The quantitative estimate of drug-likeness (QED) is 0.796. The molecule has 0 aliphatic heterocycles. The Hall–Kier alpha value is -2.06. The van der Waals surface area contributed by atoms with Gasteiger partial charge in [0.25, 0.3) is 0 Å². The van der Waals surface area contributed by atoms with Crippen molar-refractivity contribution in [3.63, 3.8) is 0 Å². The highest BCUT2D eigenvalue weighted by Gasteiger charge is 2.08. The lowest BCUT2D eigenvalue weighted by atomic mass is 10.2. The Balaban J connectivity index is 2.12. The maximum Gasteiger partial charge on any atom is 0.175 e. The van der Waals surface area contributed by atoms with Gasteiger partial charge in [0.2, 0.25) is 0 Å². The zero-order valence-corrected chi connectivity index (χ0v) is 12.9. The molecule has 0 spiro atoms. The number of sulfone groups is 1. The molecule has 1 heterocycles. The topological polar surface area (TPSA) is 98.0 Å². The standard InChI is InChI=1S/C13H14N4O2S2/c1-21(18,19)10-4-2-9(3-5-10)8-17-13-11(12(14)20)15-6-7-16-13/h2-7H,8H2,1H3,(H2,14,20)(H,16,17). The molecule has 0 saturated heterocycles. The van der Waals surface area contributed by atoms with Gasteiger partial charge in [-0.15, -0.1) is 0 Å². The number of nitrogens with two attached hydrogens (primary N) is 1. The van der Waals surface area contributed by atoms with Crippen LogP contribution in [0.5, 0.6) is 0 Å². The molecule has 2 rings (SSSR count). The van der Waals surface area contributed by atoms with Crippen LogP contribution in [0.4, 0.5) is 5.82 Å². The first-order valence-corrected chi connectivity index (χ1v) is 8.31. The van der Waals surface area contributed by atoms with Crippen molar-refractivity contribution in [2.75, 3.05) is 11.6 Å². The fourth-order valence-electron chi connectivity index (χ4n) is 1.69. The van der Waals surface area contributed by atoms with Crippen LogP contribution in [0.25, 0.3) is 0 Å². The third-order valence-corrected chi connectivity index (χ3v) is 4.06. The molecule has 0 aliphatic carbocycles. The predicted molar refractivity (Wildman–Crippen MR) is 84.8 cm³/mol.